The van der Waals surface area contributed by atoms with E-state index in [9.17, 15) is 10.1 Å². The topological polar surface area (TPSA) is 55.2 Å². The number of halogens is 1. The van der Waals surface area contributed by atoms with Gasteiger partial charge in [-0.2, -0.15) is 11.8 Å². The molecule has 4 nitrogen and oxygen atoms in total. The van der Waals surface area contributed by atoms with Crippen molar-refractivity contribution in [2.24, 2.45) is 0 Å². The van der Waals surface area contributed by atoms with Crippen LogP contribution in [0.15, 0.2) is 22.7 Å². The second-order valence-electron chi connectivity index (χ2n) is 3.98. The summed E-state index contributed by atoms with van der Waals surface area (Å²) in [6, 6.07) is 5.62. The van der Waals surface area contributed by atoms with Crippen LogP contribution in [0.1, 0.15) is 19.4 Å². The fourth-order valence-electron chi connectivity index (χ4n) is 1.45. The van der Waals surface area contributed by atoms with Crippen LogP contribution in [0.5, 0.6) is 0 Å². The maximum atomic E-state index is 10.8. The quantitative estimate of drug-likeness (QED) is 0.612. The first-order chi connectivity index (χ1) is 8.54. The number of thioether (sulfide) groups is 1. The molecule has 0 aliphatic carbocycles. The molecule has 0 aliphatic rings. The van der Waals surface area contributed by atoms with Gasteiger partial charge < -0.3 is 5.32 Å². The van der Waals surface area contributed by atoms with E-state index in [1.165, 1.54) is 0 Å². The van der Waals surface area contributed by atoms with E-state index in [4.69, 9.17) is 0 Å². The fraction of sp³-hybridized carbons (Fsp3) is 0.500. The Labute approximate surface area is 120 Å². The Morgan fingerprint density at radius 3 is 2.89 bits per heavy atom. The second kappa shape index (κ2) is 7.76. The second-order valence-corrected chi connectivity index (χ2v) is 6.16. The van der Waals surface area contributed by atoms with Crippen molar-refractivity contribution in [3.05, 3.63) is 38.3 Å². The zero-order chi connectivity index (χ0) is 13.5. The summed E-state index contributed by atoms with van der Waals surface area (Å²) in [6.45, 7) is 4.91. The molecular weight excluding hydrogens is 316 g/mol. The summed E-state index contributed by atoms with van der Waals surface area (Å²) >= 11 is 5.06. The van der Waals surface area contributed by atoms with Gasteiger partial charge in [-0.15, -0.1) is 0 Å². The van der Waals surface area contributed by atoms with Gasteiger partial charge in [0.2, 0.25) is 0 Å². The van der Waals surface area contributed by atoms with E-state index in [0.717, 1.165) is 17.1 Å². The molecule has 18 heavy (non-hydrogen) atoms. The third-order valence-electron chi connectivity index (χ3n) is 2.43. The molecule has 0 fully saturated rings. The van der Waals surface area contributed by atoms with Gasteiger partial charge in [0, 0.05) is 24.4 Å². The third-order valence-corrected chi connectivity index (χ3v) is 4.25. The van der Waals surface area contributed by atoms with Crippen molar-refractivity contribution in [1.29, 1.82) is 0 Å². The largest absolute Gasteiger partial charge is 0.309 e. The number of nitrogens with zero attached hydrogens (tertiary/aromatic N) is 1. The van der Waals surface area contributed by atoms with Crippen molar-refractivity contribution >= 4 is 33.4 Å². The van der Waals surface area contributed by atoms with Crippen LogP contribution < -0.4 is 5.32 Å². The number of hydrogen-bond donors (Lipinski definition) is 1. The highest BCUT2D eigenvalue weighted by Crippen LogP contribution is 2.25. The van der Waals surface area contributed by atoms with E-state index in [1.54, 1.807) is 12.1 Å². The Morgan fingerprint density at radius 2 is 2.28 bits per heavy atom. The number of nitro groups is 1. The highest BCUT2D eigenvalue weighted by molar-refractivity contribution is 9.10. The highest BCUT2D eigenvalue weighted by Gasteiger charge is 2.12. The normalized spacial score (nSPS) is 12.4. The van der Waals surface area contributed by atoms with Crippen LogP contribution in [0.25, 0.3) is 0 Å². The van der Waals surface area contributed by atoms with Crippen LogP contribution in [-0.4, -0.2) is 22.5 Å². The third kappa shape index (κ3) is 4.96. The van der Waals surface area contributed by atoms with Crippen LogP contribution in [0.4, 0.5) is 5.69 Å². The van der Waals surface area contributed by atoms with Crippen LogP contribution >= 0.6 is 27.7 Å². The van der Waals surface area contributed by atoms with Crippen molar-refractivity contribution in [1.82, 2.24) is 5.32 Å². The van der Waals surface area contributed by atoms with Crippen LogP contribution in [0.2, 0.25) is 0 Å². The van der Waals surface area contributed by atoms with E-state index in [2.05, 4.69) is 35.1 Å². The van der Waals surface area contributed by atoms with Gasteiger partial charge in [0.05, 0.1) is 9.40 Å². The first-order valence-corrected chi connectivity index (χ1v) is 7.73. The lowest BCUT2D eigenvalue weighted by Gasteiger charge is -2.13. The summed E-state index contributed by atoms with van der Waals surface area (Å²) in [6.07, 6.45) is 0. The van der Waals surface area contributed by atoms with Crippen molar-refractivity contribution in [2.75, 3.05) is 11.5 Å². The van der Waals surface area contributed by atoms with E-state index in [0.29, 0.717) is 17.1 Å². The molecule has 0 saturated carbocycles. The van der Waals surface area contributed by atoms with Crippen molar-refractivity contribution < 1.29 is 4.92 Å². The van der Waals surface area contributed by atoms with Crippen LogP contribution in [0.3, 0.4) is 0 Å². The Hall–Kier alpha value is -0.590. The molecule has 1 N–H and O–H groups in total. The molecule has 1 rings (SSSR count). The van der Waals surface area contributed by atoms with Gasteiger partial charge in [0.15, 0.2) is 0 Å². The Balaban J connectivity index is 2.57. The van der Waals surface area contributed by atoms with Gasteiger partial charge in [0.1, 0.15) is 0 Å². The molecule has 1 aromatic carbocycles. The Kier molecular flexibility index (Phi) is 6.67. The molecule has 0 radical (unpaired) electrons. The molecule has 1 aromatic rings. The van der Waals surface area contributed by atoms with Crippen molar-refractivity contribution in [2.45, 2.75) is 26.4 Å². The van der Waals surface area contributed by atoms with Crippen molar-refractivity contribution in [3.8, 4) is 0 Å². The molecule has 0 amide bonds. The Bertz CT molecular complexity index is 415. The summed E-state index contributed by atoms with van der Waals surface area (Å²) in [4.78, 5) is 10.4. The van der Waals surface area contributed by atoms with E-state index >= 15 is 0 Å². The number of rotatable bonds is 7. The van der Waals surface area contributed by atoms with Gasteiger partial charge in [-0.05, 0) is 40.2 Å². The zero-order valence-corrected chi connectivity index (χ0v) is 12.9. The minimum absolute atomic E-state index is 0.116. The van der Waals surface area contributed by atoms with Gasteiger partial charge in [-0.25, -0.2) is 0 Å². The summed E-state index contributed by atoms with van der Waals surface area (Å²) in [5, 5.41) is 14.2. The lowest BCUT2D eigenvalue weighted by molar-refractivity contribution is -0.385. The molecule has 1 unspecified atom stereocenters. The van der Waals surface area contributed by atoms with Crippen molar-refractivity contribution in [3.63, 3.8) is 0 Å². The fourth-order valence-corrected chi connectivity index (χ4v) is 2.55. The molecule has 0 aromatic heterocycles. The number of nitro benzene ring substituents is 1. The Morgan fingerprint density at radius 1 is 1.56 bits per heavy atom. The summed E-state index contributed by atoms with van der Waals surface area (Å²) < 4.78 is 0.519. The highest BCUT2D eigenvalue weighted by atomic mass is 79.9. The van der Waals surface area contributed by atoms with Gasteiger partial charge in [0.25, 0.3) is 5.69 Å². The summed E-state index contributed by atoms with van der Waals surface area (Å²) in [5.74, 6) is 2.16. The average molecular weight is 333 g/mol. The lowest BCUT2D eigenvalue weighted by atomic mass is 10.2. The number of nitrogens with one attached hydrogen (secondary N) is 1. The zero-order valence-electron chi connectivity index (χ0n) is 10.5. The smallest absolute Gasteiger partial charge is 0.283 e. The summed E-state index contributed by atoms with van der Waals surface area (Å²) in [5.41, 5.74) is 1.04. The standard InChI is InChI=1S/C12H17BrN2O2S/c1-3-18-8-9(2)14-7-10-4-5-11(13)12(6-10)15(16)17/h4-6,9,14H,3,7-8H2,1-2H3. The van der Waals surface area contributed by atoms with E-state index in [1.807, 2.05) is 17.8 Å². The minimum Gasteiger partial charge on any atom is -0.309 e. The molecule has 1 atom stereocenters. The SMILES string of the molecule is CCSCC(C)NCc1ccc(Br)c([N+](=O)[O-])c1. The van der Waals surface area contributed by atoms with E-state index in [-0.39, 0.29) is 10.6 Å². The summed E-state index contributed by atoms with van der Waals surface area (Å²) in [7, 11) is 0. The molecule has 0 heterocycles. The number of benzene rings is 1. The molecule has 0 aliphatic heterocycles. The molecule has 100 valence electrons. The monoisotopic (exact) mass is 332 g/mol. The molecule has 6 heteroatoms. The van der Waals surface area contributed by atoms with Gasteiger partial charge >= 0.3 is 0 Å². The minimum atomic E-state index is -0.371. The predicted octanol–water partition coefficient (Wildman–Crippen LogP) is 3.59. The molecule has 0 bridgehead atoms. The molecule has 0 spiro atoms. The molecule has 0 saturated heterocycles. The maximum absolute atomic E-state index is 10.8. The van der Waals surface area contributed by atoms with Crippen LogP contribution in [-0.2, 0) is 6.54 Å². The molecular formula is C12H17BrN2O2S. The average Bonchev–Trinajstić information content (AvgIpc) is 2.35. The number of hydrogen-bond acceptors (Lipinski definition) is 4. The maximum Gasteiger partial charge on any atom is 0.283 e. The van der Waals surface area contributed by atoms with Gasteiger partial charge in [-0.1, -0.05) is 13.0 Å². The lowest BCUT2D eigenvalue weighted by Crippen LogP contribution is -2.27. The first-order valence-electron chi connectivity index (χ1n) is 5.78. The van der Waals surface area contributed by atoms with E-state index < -0.39 is 0 Å². The van der Waals surface area contributed by atoms with Crippen LogP contribution in [0, 0.1) is 10.1 Å². The first kappa shape index (κ1) is 15.5. The predicted molar refractivity (Wildman–Crippen MR) is 80.1 cm³/mol. The van der Waals surface area contributed by atoms with Gasteiger partial charge in [-0.3, -0.25) is 10.1 Å².